The number of H-pyrrole nitrogens is 1. The molecule has 0 bridgehead atoms. The number of benzene rings is 1. The molecule has 1 N–H and O–H groups in total. The van der Waals surface area contributed by atoms with Crippen LogP contribution >= 0.6 is 11.6 Å². The van der Waals surface area contributed by atoms with Gasteiger partial charge in [-0.1, -0.05) is 30.3 Å². The summed E-state index contributed by atoms with van der Waals surface area (Å²) in [4.78, 5) is 20.1. The topological polar surface area (TPSA) is 48.6 Å². The summed E-state index contributed by atoms with van der Waals surface area (Å²) in [7, 11) is 0. The normalized spacial score (nSPS) is 16.5. The molecule has 1 aromatic carbocycles. The summed E-state index contributed by atoms with van der Waals surface area (Å²) in [5.41, 5.74) is 6.55. The third-order valence-corrected chi connectivity index (χ3v) is 5.61. The second kappa shape index (κ2) is 7.93. The Morgan fingerprint density at radius 1 is 1.31 bits per heavy atom. The smallest absolute Gasteiger partial charge is 0.255 e. The van der Waals surface area contributed by atoms with Crippen LogP contribution in [-0.2, 0) is 4.74 Å². The number of rotatable bonds is 4. The molecule has 1 amide bonds. The summed E-state index contributed by atoms with van der Waals surface area (Å²) in [5, 5.41) is 0.452. The lowest BCUT2D eigenvalue weighted by molar-refractivity contribution is 0.0303. The van der Waals surface area contributed by atoms with Gasteiger partial charge in [-0.05, 0) is 30.7 Å². The van der Waals surface area contributed by atoms with Crippen molar-refractivity contribution in [3.63, 3.8) is 0 Å². The van der Waals surface area contributed by atoms with Gasteiger partial charge in [-0.3, -0.25) is 4.79 Å². The summed E-state index contributed by atoms with van der Waals surface area (Å²) < 4.78 is 5.33. The fourth-order valence-electron chi connectivity index (χ4n) is 3.80. The molecular formula is C23H24ClN3O2. The quantitative estimate of drug-likeness (QED) is 0.765. The highest BCUT2D eigenvalue weighted by atomic mass is 35.5. The monoisotopic (exact) mass is 409 g/mol. The van der Waals surface area contributed by atoms with Gasteiger partial charge < -0.3 is 19.5 Å². The SMILES string of the molecule is C=CCN1C=C(c2ccc(C(=O)N3CCOCC3)c(Cl)c2)c2cc(C)[nH]c2C1=C. The maximum absolute atomic E-state index is 12.8. The number of nitrogens with zero attached hydrogens (tertiary/aromatic N) is 2. The lowest BCUT2D eigenvalue weighted by Crippen LogP contribution is -2.40. The first-order chi connectivity index (χ1) is 14.0. The number of ether oxygens (including phenoxy) is 1. The number of carbonyl (C=O) groups is 1. The summed E-state index contributed by atoms with van der Waals surface area (Å²) in [6.45, 7) is 13.0. The highest BCUT2D eigenvalue weighted by molar-refractivity contribution is 6.34. The van der Waals surface area contributed by atoms with Crippen LogP contribution in [0.3, 0.4) is 0 Å². The number of nitrogens with one attached hydrogen (secondary N) is 1. The van der Waals surface area contributed by atoms with Gasteiger partial charge in [0.1, 0.15) is 0 Å². The van der Waals surface area contributed by atoms with Crippen molar-refractivity contribution >= 4 is 28.8 Å². The van der Waals surface area contributed by atoms with Crippen LogP contribution in [0.5, 0.6) is 0 Å². The molecule has 29 heavy (non-hydrogen) atoms. The molecular weight excluding hydrogens is 386 g/mol. The van der Waals surface area contributed by atoms with E-state index < -0.39 is 0 Å². The lowest BCUT2D eigenvalue weighted by atomic mass is 9.94. The van der Waals surface area contributed by atoms with Crippen LogP contribution in [0, 0.1) is 6.92 Å². The molecule has 150 valence electrons. The highest BCUT2D eigenvalue weighted by Gasteiger charge is 2.25. The number of aromatic amines is 1. The molecule has 4 rings (SSSR count). The van der Waals surface area contributed by atoms with Gasteiger partial charge >= 0.3 is 0 Å². The number of carbonyl (C=O) groups excluding carboxylic acids is 1. The van der Waals surface area contributed by atoms with Gasteiger partial charge in [0, 0.05) is 42.7 Å². The molecule has 1 aromatic heterocycles. The fourth-order valence-corrected chi connectivity index (χ4v) is 4.06. The van der Waals surface area contributed by atoms with E-state index in [0.717, 1.165) is 33.8 Å². The first-order valence-electron chi connectivity index (χ1n) is 9.65. The van der Waals surface area contributed by atoms with E-state index in [9.17, 15) is 4.79 Å². The first kappa shape index (κ1) is 19.6. The van der Waals surface area contributed by atoms with Crippen LogP contribution in [0.1, 0.15) is 32.9 Å². The largest absolute Gasteiger partial charge is 0.378 e. The van der Waals surface area contributed by atoms with Gasteiger partial charge in [0.15, 0.2) is 0 Å². The Hall–Kier alpha value is -2.76. The first-order valence-corrected chi connectivity index (χ1v) is 10.0. The van der Waals surface area contributed by atoms with Crippen LogP contribution in [-0.4, -0.2) is 53.5 Å². The van der Waals surface area contributed by atoms with Gasteiger partial charge in [-0.2, -0.15) is 0 Å². The Balaban J connectivity index is 1.71. The van der Waals surface area contributed by atoms with Crippen molar-refractivity contribution in [3.8, 4) is 0 Å². The molecule has 0 spiro atoms. The number of halogens is 1. The third-order valence-electron chi connectivity index (χ3n) is 5.30. The minimum Gasteiger partial charge on any atom is -0.378 e. The predicted octanol–water partition coefficient (Wildman–Crippen LogP) is 4.31. The van der Waals surface area contributed by atoms with E-state index in [1.807, 2.05) is 31.2 Å². The predicted molar refractivity (Wildman–Crippen MR) is 117 cm³/mol. The number of amides is 1. The van der Waals surface area contributed by atoms with E-state index in [4.69, 9.17) is 16.3 Å². The standard InChI is InChI=1S/C23H24ClN3O2/c1-4-7-27-14-20(19-12-15(2)25-22(19)16(27)3)17-5-6-18(21(24)13-17)23(28)26-8-10-29-11-9-26/h4-6,12-14,25H,1,3,7-11H2,2H3. The minimum absolute atomic E-state index is 0.0534. The average Bonchev–Trinajstić information content (AvgIpc) is 3.12. The van der Waals surface area contributed by atoms with Crippen molar-refractivity contribution in [1.82, 2.24) is 14.8 Å². The molecule has 5 nitrogen and oxygen atoms in total. The second-order valence-corrected chi connectivity index (χ2v) is 7.68. The number of hydrogen-bond acceptors (Lipinski definition) is 3. The Kier molecular flexibility index (Phi) is 5.35. The summed E-state index contributed by atoms with van der Waals surface area (Å²) >= 11 is 6.56. The second-order valence-electron chi connectivity index (χ2n) is 7.27. The molecule has 2 aromatic rings. The molecule has 2 aliphatic rings. The van der Waals surface area contributed by atoms with E-state index in [1.54, 1.807) is 4.90 Å². The van der Waals surface area contributed by atoms with Crippen molar-refractivity contribution in [3.05, 3.63) is 82.8 Å². The van der Waals surface area contributed by atoms with Gasteiger partial charge in [0.25, 0.3) is 5.91 Å². The van der Waals surface area contributed by atoms with Crippen molar-refractivity contribution in [2.24, 2.45) is 0 Å². The van der Waals surface area contributed by atoms with Crippen LogP contribution in [0.2, 0.25) is 5.02 Å². The van der Waals surface area contributed by atoms with Gasteiger partial charge in [-0.15, -0.1) is 6.58 Å². The van der Waals surface area contributed by atoms with Crippen molar-refractivity contribution in [2.75, 3.05) is 32.8 Å². The Morgan fingerprint density at radius 2 is 2.07 bits per heavy atom. The number of fused-ring (bicyclic) bond motifs is 1. The van der Waals surface area contributed by atoms with Crippen molar-refractivity contribution < 1.29 is 9.53 Å². The van der Waals surface area contributed by atoms with Crippen LogP contribution in [0.4, 0.5) is 0 Å². The van der Waals surface area contributed by atoms with Crippen LogP contribution < -0.4 is 0 Å². The van der Waals surface area contributed by atoms with Gasteiger partial charge in [0.05, 0.1) is 35.2 Å². The molecule has 0 atom stereocenters. The summed E-state index contributed by atoms with van der Waals surface area (Å²) in [5.74, 6) is -0.0534. The van der Waals surface area contributed by atoms with Crippen molar-refractivity contribution in [1.29, 1.82) is 0 Å². The van der Waals surface area contributed by atoms with E-state index in [0.29, 0.717) is 43.4 Å². The van der Waals surface area contributed by atoms with Crippen LogP contribution in [0.15, 0.2) is 49.7 Å². The molecule has 1 fully saturated rings. The number of hydrogen-bond donors (Lipinski definition) is 1. The fraction of sp³-hybridized carbons (Fsp3) is 0.261. The Morgan fingerprint density at radius 3 is 2.76 bits per heavy atom. The molecule has 1 saturated heterocycles. The number of aryl methyl sites for hydroxylation is 1. The van der Waals surface area contributed by atoms with E-state index in [2.05, 4.69) is 35.3 Å². The van der Waals surface area contributed by atoms with Crippen LogP contribution in [0.25, 0.3) is 11.3 Å². The average molecular weight is 410 g/mol. The van der Waals surface area contributed by atoms with E-state index in [1.165, 1.54) is 0 Å². The minimum atomic E-state index is -0.0534. The van der Waals surface area contributed by atoms with Crippen molar-refractivity contribution in [2.45, 2.75) is 6.92 Å². The molecule has 0 radical (unpaired) electrons. The molecule has 6 heteroatoms. The number of aromatic nitrogens is 1. The number of morpholine rings is 1. The zero-order valence-electron chi connectivity index (χ0n) is 16.5. The van der Waals surface area contributed by atoms with Gasteiger partial charge in [0.2, 0.25) is 0 Å². The lowest BCUT2D eigenvalue weighted by Gasteiger charge is -2.29. The zero-order valence-corrected chi connectivity index (χ0v) is 17.3. The van der Waals surface area contributed by atoms with E-state index >= 15 is 0 Å². The molecule has 0 aliphatic carbocycles. The molecule has 3 heterocycles. The molecule has 2 aliphatic heterocycles. The zero-order chi connectivity index (χ0) is 20.5. The highest BCUT2D eigenvalue weighted by Crippen LogP contribution is 2.38. The summed E-state index contributed by atoms with van der Waals surface area (Å²) in [6.07, 6.45) is 3.91. The maximum atomic E-state index is 12.8. The Labute approximate surface area is 175 Å². The van der Waals surface area contributed by atoms with Gasteiger partial charge in [-0.25, -0.2) is 0 Å². The molecule has 0 unspecified atom stereocenters. The third kappa shape index (κ3) is 3.63. The Bertz CT molecular complexity index is 1020. The maximum Gasteiger partial charge on any atom is 0.255 e. The summed E-state index contributed by atoms with van der Waals surface area (Å²) in [6, 6.07) is 7.75. The van der Waals surface area contributed by atoms with E-state index in [-0.39, 0.29) is 5.91 Å². The molecule has 0 saturated carbocycles.